The van der Waals surface area contributed by atoms with E-state index in [2.05, 4.69) is 5.32 Å². The van der Waals surface area contributed by atoms with E-state index in [1.807, 2.05) is 11.9 Å². The highest BCUT2D eigenvalue weighted by molar-refractivity contribution is 7.91. The van der Waals surface area contributed by atoms with Gasteiger partial charge in [-0.2, -0.15) is 0 Å². The van der Waals surface area contributed by atoms with Crippen LogP contribution in [0, 0.1) is 0 Å². The summed E-state index contributed by atoms with van der Waals surface area (Å²) in [6, 6.07) is -0.177. The van der Waals surface area contributed by atoms with Gasteiger partial charge in [0, 0.05) is 32.7 Å². The van der Waals surface area contributed by atoms with Crippen LogP contribution in [0.1, 0.15) is 6.42 Å². The molecule has 0 radical (unpaired) electrons. The largest absolute Gasteiger partial charge is 0.374 e. The lowest BCUT2D eigenvalue weighted by atomic mass is 10.2. The van der Waals surface area contributed by atoms with Gasteiger partial charge in [-0.15, -0.1) is 0 Å². The van der Waals surface area contributed by atoms with Crippen LogP contribution in [-0.4, -0.2) is 94.7 Å². The molecule has 0 aromatic rings. The molecule has 122 valence electrons. The third-order valence-corrected chi connectivity index (χ3v) is 5.82. The Kier molecular flexibility index (Phi) is 5.59. The summed E-state index contributed by atoms with van der Waals surface area (Å²) in [5.41, 5.74) is 0. The van der Waals surface area contributed by atoms with Crippen molar-refractivity contribution in [2.45, 2.75) is 18.6 Å². The fourth-order valence-electron chi connectivity index (χ4n) is 2.78. The van der Waals surface area contributed by atoms with Gasteiger partial charge >= 0.3 is 0 Å². The Morgan fingerprint density at radius 1 is 1.38 bits per heavy atom. The summed E-state index contributed by atoms with van der Waals surface area (Å²) < 4.78 is 28.6. The second-order valence-corrected chi connectivity index (χ2v) is 8.18. The summed E-state index contributed by atoms with van der Waals surface area (Å²) in [4.78, 5) is 15.7. The average molecular weight is 319 g/mol. The summed E-state index contributed by atoms with van der Waals surface area (Å²) >= 11 is 0. The van der Waals surface area contributed by atoms with Gasteiger partial charge in [-0.05, 0) is 13.5 Å². The summed E-state index contributed by atoms with van der Waals surface area (Å²) in [6.45, 7) is 3.35. The predicted octanol–water partition coefficient (Wildman–Crippen LogP) is -1.45. The van der Waals surface area contributed by atoms with Gasteiger partial charge in [0.1, 0.15) is 0 Å². The molecule has 2 heterocycles. The van der Waals surface area contributed by atoms with E-state index in [9.17, 15) is 13.2 Å². The number of carbonyl (C=O) groups is 1. The van der Waals surface area contributed by atoms with Crippen LogP contribution in [0.3, 0.4) is 0 Å². The molecule has 1 N–H and O–H groups in total. The third-order valence-electron chi connectivity index (χ3n) is 4.07. The molecule has 2 fully saturated rings. The molecule has 2 aliphatic rings. The number of hydrogen-bond acceptors (Lipinski definition) is 6. The lowest BCUT2D eigenvalue weighted by Crippen LogP contribution is -2.48. The van der Waals surface area contributed by atoms with E-state index in [-0.39, 0.29) is 36.1 Å². The van der Waals surface area contributed by atoms with Crippen LogP contribution < -0.4 is 5.32 Å². The Morgan fingerprint density at radius 3 is 2.71 bits per heavy atom. The van der Waals surface area contributed by atoms with Crippen LogP contribution in [0.5, 0.6) is 0 Å². The van der Waals surface area contributed by atoms with Crippen molar-refractivity contribution in [1.82, 2.24) is 15.1 Å². The van der Waals surface area contributed by atoms with Crippen molar-refractivity contribution >= 4 is 15.7 Å². The fraction of sp³-hybridized carbons (Fsp3) is 0.923. The first-order valence-electron chi connectivity index (χ1n) is 7.34. The van der Waals surface area contributed by atoms with Gasteiger partial charge in [0.2, 0.25) is 5.91 Å². The summed E-state index contributed by atoms with van der Waals surface area (Å²) in [6.07, 6.45) is 0.651. The van der Waals surface area contributed by atoms with E-state index in [0.717, 1.165) is 13.1 Å². The molecule has 21 heavy (non-hydrogen) atoms. The first kappa shape index (κ1) is 16.7. The molecule has 2 rings (SSSR count). The SMILES string of the molecule is CN(CC(=O)N(C)C1CCS(=O)(=O)C1)CC1CNCCO1. The zero-order valence-electron chi connectivity index (χ0n) is 12.7. The van der Waals surface area contributed by atoms with Gasteiger partial charge in [-0.1, -0.05) is 0 Å². The zero-order chi connectivity index (χ0) is 15.5. The number of morpholine rings is 1. The maximum atomic E-state index is 12.2. The van der Waals surface area contributed by atoms with E-state index < -0.39 is 9.84 Å². The number of likely N-dealkylation sites (N-methyl/N-ethyl adjacent to an activating group) is 2. The molecule has 0 aromatic carbocycles. The highest BCUT2D eigenvalue weighted by Gasteiger charge is 2.33. The highest BCUT2D eigenvalue weighted by atomic mass is 32.2. The number of sulfone groups is 1. The fourth-order valence-corrected chi connectivity index (χ4v) is 4.55. The average Bonchev–Trinajstić information content (AvgIpc) is 2.79. The van der Waals surface area contributed by atoms with E-state index >= 15 is 0 Å². The minimum absolute atomic E-state index is 0.0385. The number of ether oxygens (including phenoxy) is 1. The Balaban J connectivity index is 1.77. The molecule has 2 saturated heterocycles. The molecular weight excluding hydrogens is 294 g/mol. The summed E-state index contributed by atoms with van der Waals surface area (Å²) in [5, 5.41) is 3.26. The number of rotatable bonds is 5. The molecule has 1 amide bonds. The number of nitrogens with zero attached hydrogens (tertiary/aromatic N) is 2. The number of amides is 1. The molecule has 2 atom stereocenters. The van der Waals surface area contributed by atoms with E-state index in [1.54, 1.807) is 11.9 Å². The first-order valence-corrected chi connectivity index (χ1v) is 9.16. The Labute approximate surface area is 126 Å². The minimum atomic E-state index is -2.96. The lowest BCUT2D eigenvalue weighted by molar-refractivity contribution is -0.132. The molecule has 0 bridgehead atoms. The Bertz CT molecular complexity index is 462. The van der Waals surface area contributed by atoms with E-state index in [0.29, 0.717) is 19.6 Å². The second kappa shape index (κ2) is 7.04. The molecule has 2 aliphatic heterocycles. The van der Waals surface area contributed by atoms with Crippen LogP contribution in [0.25, 0.3) is 0 Å². The van der Waals surface area contributed by atoms with Crippen molar-refractivity contribution in [2.75, 3.05) is 58.4 Å². The molecule has 0 aromatic heterocycles. The second-order valence-electron chi connectivity index (χ2n) is 5.96. The number of hydrogen-bond donors (Lipinski definition) is 1. The van der Waals surface area contributed by atoms with Crippen molar-refractivity contribution in [3.63, 3.8) is 0 Å². The molecule has 0 spiro atoms. The zero-order valence-corrected chi connectivity index (χ0v) is 13.6. The smallest absolute Gasteiger partial charge is 0.236 e. The molecule has 7 nitrogen and oxygen atoms in total. The van der Waals surface area contributed by atoms with Gasteiger partial charge in [0.05, 0.1) is 30.8 Å². The topological polar surface area (TPSA) is 79.0 Å². The normalized spacial score (nSPS) is 28.7. The quantitative estimate of drug-likeness (QED) is 0.668. The molecule has 8 heteroatoms. The lowest BCUT2D eigenvalue weighted by Gasteiger charge is -2.30. The summed E-state index contributed by atoms with van der Waals surface area (Å²) in [5.74, 6) is 0.241. The maximum absolute atomic E-state index is 12.2. The molecule has 0 saturated carbocycles. The standard InChI is InChI=1S/C13H25N3O4S/c1-15(8-12-7-14-4-5-20-12)9-13(17)16(2)11-3-6-21(18,19)10-11/h11-12,14H,3-10H2,1-2H3. The van der Waals surface area contributed by atoms with Crippen LogP contribution in [-0.2, 0) is 19.4 Å². The highest BCUT2D eigenvalue weighted by Crippen LogP contribution is 2.16. The predicted molar refractivity (Wildman–Crippen MR) is 79.9 cm³/mol. The van der Waals surface area contributed by atoms with Gasteiger partial charge in [0.25, 0.3) is 0 Å². The van der Waals surface area contributed by atoms with Crippen LogP contribution in [0.4, 0.5) is 0 Å². The van der Waals surface area contributed by atoms with Gasteiger partial charge < -0.3 is 15.0 Å². The maximum Gasteiger partial charge on any atom is 0.236 e. The third kappa shape index (κ3) is 4.91. The Hall–Kier alpha value is -0.700. The molecule has 2 unspecified atom stereocenters. The number of carbonyl (C=O) groups excluding carboxylic acids is 1. The van der Waals surface area contributed by atoms with Crippen LogP contribution in [0.15, 0.2) is 0 Å². The number of nitrogens with one attached hydrogen (secondary N) is 1. The summed E-state index contributed by atoms with van der Waals surface area (Å²) in [7, 11) is 0.618. The van der Waals surface area contributed by atoms with Crippen molar-refractivity contribution in [1.29, 1.82) is 0 Å². The Morgan fingerprint density at radius 2 is 2.14 bits per heavy atom. The molecular formula is C13H25N3O4S. The van der Waals surface area contributed by atoms with E-state index in [1.165, 1.54) is 0 Å². The van der Waals surface area contributed by atoms with Crippen molar-refractivity contribution in [2.24, 2.45) is 0 Å². The van der Waals surface area contributed by atoms with Crippen molar-refractivity contribution < 1.29 is 17.9 Å². The minimum Gasteiger partial charge on any atom is -0.374 e. The van der Waals surface area contributed by atoms with Gasteiger partial charge in [0.15, 0.2) is 9.84 Å². The first-order chi connectivity index (χ1) is 9.87. The van der Waals surface area contributed by atoms with Gasteiger partial charge in [-0.25, -0.2) is 8.42 Å². The van der Waals surface area contributed by atoms with Crippen molar-refractivity contribution in [3.8, 4) is 0 Å². The monoisotopic (exact) mass is 319 g/mol. The van der Waals surface area contributed by atoms with Crippen LogP contribution in [0.2, 0.25) is 0 Å². The van der Waals surface area contributed by atoms with Crippen molar-refractivity contribution in [3.05, 3.63) is 0 Å². The van der Waals surface area contributed by atoms with Gasteiger partial charge in [-0.3, -0.25) is 9.69 Å². The molecule has 0 aliphatic carbocycles. The van der Waals surface area contributed by atoms with E-state index in [4.69, 9.17) is 4.74 Å². The van der Waals surface area contributed by atoms with Crippen LogP contribution >= 0.6 is 0 Å².